The van der Waals surface area contributed by atoms with Crippen molar-refractivity contribution in [2.75, 3.05) is 19.7 Å². The van der Waals surface area contributed by atoms with Gasteiger partial charge in [-0.25, -0.2) is 4.68 Å². The number of aromatic nitrogens is 3. The van der Waals surface area contributed by atoms with Crippen molar-refractivity contribution in [1.29, 1.82) is 0 Å². The number of rotatable bonds is 14. The van der Waals surface area contributed by atoms with E-state index in [1.165, 1.54) is 0 Å². The minimum Gasteiger partial charge on any atom is -0.394 e. The van der Waals surface area contributed by atoms with Gasteiger partial charge in [0.1, 0.15) is 18.2 Å². The molecule has 6 atom stereocenters. The number of hydrogen-bond donors (Lipinski definition) is 1. The average molecular weight is 671 g/mol. The van der Waals surface area contributed by atoms with Crippen molar-refractivity contribution in [2.24, 2.45) is 17.8 Å². The number of thioether (sulfide) groups is 1. The molecule has 3 amide bonds. The Morgan fingerprint density at radius 1 is 1.04 bits per heavy atom. The molecule has 1 aromatic heterocycles. The molecule has 48 heavy (non-hydrogen) atoms. The van der Waals surface area contributed by atoms with Crippen molar-refractivity contribution in [3.8, 4) is 0 Å². The highest BCUT2D eigenvalue weighted by Gasteiger charge is 2.78. The first-order chi connectivity index (χ1) is 23.1. The Bertz CT molecular complexity index is 1690. The van der Waals surface area contributed by atoms with Crippen LogP contribution in [-0.4, -0.2) is 93.8 Å². The van der Waals surface area contributed by atoms with Crippen LogP contribution in [0.5, 0.6) is 0 Å². The lowest BCUT2D eigenvalue weighted by Crippen LogP contribution is -2.57. The topological polar surface area (TPSA) is 112 Å². The lowest BCUT2D eigenvalue weighted by atomic mass is 9.66. The fourth-order valence-electron chi connectivity index (χ4n) is 8.35. The highest BCUT2D eigenvalue weighted by Crippen LogP contribution is 2.72. The Balaban J connectivity index is 1.41. The van der Waals surface area contributed by atoms with Crippen LogP contribution < -0.4 is 0 Å². The van der Waals surface area contributed by atoms with Gasteiger partial charge in [0, 0.05) is 24.4 Å². The number of fused-ring (bicyclic) bond motifs is 2. The van der Waals surface area contributed by atoms with Crippen molar-refractivity contribution in [3.63, 3.8) is 0 Å². The zero-order valence-electron chi connectivity index (χ0n) is 28.1. The summed E-state index contributed by atoms with van der Waals surface area (Å²) < 4.78 is 0.328. The maximum Gasteiger partial charge on any atom is 0.248 e. The average Bonchev–Trinajstić information content (AvgIpc) is 3.78. The Labute approximate surface area is 286 Å². The van der Waals surface area contributed by atoms with E-state index in [4.69, 9.17) is 0 Å². The molecule has 2 bridgehead atoms. The van der Waals surface area contributed by atoms with Crippen molar-refractivity contribution in [2.45, 2.75) is 74.8 Å². The second-order valence-corrected chi connectivity index (χ2v) is 15.9. The van der Waals surface area contributed by atoms with Crippen LogP contribution >= 0.6 is 11.8 Å². The van der Waals surface area contributed by atoms with Gasteiger partial charge in [0.25, 0.3) is 0 Å². The number of nitrogens with zero attached hydrogens (tertiary/aromatic N) is 6. The number of aliphatic hydroxyl groups excluding tert-OH is 1. The Morgan fingerprint density at radius 2 is 1.73 bits per heavy atom. The van der Waals surface area contributed by atoms with E-state index in [1.54, 1.807) is 43.3 Å². The molecule has 1 N–H and O–H groups in total. The molecule has 0 saturated carbocycles. The van der Waals surface area contributed by atoms with E-state index in [0.717, 1.165) is 16.6 Å². The largest absolute Gasteiger partial charge is 0.394 e. The van der Waals surface area contributed by atoms with Gasteiger partial charge >= 0.3 is 0 Å². The summed E-state index contributed by atoms with van der Waals surface area (Å²) in [7, 11) is 0. The number of hydrogen-bond acceptors (Lipinski definition) is 7. The predicted molar refractivity (Wildman–Crippen MR) is 187 cm³/mol. The predicted octanol–water partition coefficient (Wildman–Crippen LogP) is 4.51. The van der Waals surface area contributed by atoms with Crippen LogP contribution in [0, 0.1) is 17.8 Å². The highest BCUT2D eigenvalue weighted by atomic mass is 32.2. The van der Waals surface area contributed by atoms with E-state index in [9.17, 15) is 14.7 Å². The number of para-hydroxylation sites is 1. The van der Waals surface area contributed by atoms with Crippen LogP contribution in [0.25, 0.3) is 11.0 Å². The van der Waals surface area contributed by atoms with Gasteiger partial charge in [-0.2, -0.15) is 0 Å². The van der Waals surface area contributed by atoms with Gasteiger partial charge in [0.15, 0.2) is 0 Å². The van der Waals surface area contributed by atoms with Gasteiger partial charge in [0.2, 0.25) is 17.7 Å². The number of aliphatic hydroxyl groups is 1. The quantitative estimate of drug-likeness (QED) is 0.252. The zero-order chi connectivity index (χ0) is 34.2. The van der Waals surface area contributed by atoms with Gasteiger partial charge in [-0.3, -0.25) is 14.4 Å². The van der Waals surface area contributed by atoms with Crippen molar-refractivity contribution < 1.29 is 19.5 Å². The Morgan fingerprint density at radius 3 is 2.42 bits per heavy atom. The fourth-order valence-corrected chi connectivity index (χ4v) is 10.7. The normalized spacial score (nSPS) is 26.6. The number of carbonyl (C=O) groups is 3. The summed E-state index contributed by atoms with van der Waals surface area (Å²) in [4.78, 5) is 49.8. The molecule has 11 heteroatoms. The minimum absolute atomic E-state index is 0.0943. The summed E-state index contributed by atoms with van der Waals surface area (Å²) >= 11 is 1.64. The molecule has 3 fully saturated rings. The monoisotopic (exact) mass is 670 g/mol. The standard InChI is InChI=1S/C37H46N6O4S/c1-6-19-40(22-26-13-9-8-10-14-26)33(45)30-31-34(46)43(27(23-44)21-25(3)4)32(37(31)18-17-36(30,5)48-37)35(47)41(20-7-2)24-42-29-16-12-11-15-28(29)38-39-42/h6-16,25,27,30-32,44H,1-2,17-24H2,3-5H3/t27-,30-,31+,32?,36+,37?/m1/s1. The van der Waals surface area contributed by atoms with E-state index in [-0.39, 0.29) is 43.5 Å². The molecule has 3 saturated heterocycles. The smallest absolute Gasteiger partial charge is 0.248 e. The van der Waals surface area contributed by atoms with E-state index >= 15 is 4.79 Å². The van der Waals surface area contributed by atoms with Gasteiger partial charge in [-0.15, -0.1) is 30.0 Å². The van der Waals surface area contributed by atoms with Gasteiger partial charge in [-0.05, 0) is 49.8 Å². The van der Waals surface area contributed by atoms with Crippen LogP contribution in [0.1, 0.15) is 45.6 Å². The van der Waals surface area contributed by atoms with Crippen molar-refractivity contribution >= 4 is 40.5 Å². The summed E-state index contributed by atoms with van der Waals surface area (Å²) in [5.41, 5.74) is 2.50. The lowest BCUT2D eigenvalue weighted by molar-refractivity contribution is -0.148. The van der Waals surface area contributed by atoms with E-state index in [0.29, 0.717) is 32.4 Å². The van der Waals surface area contributed by atoms with Crippen LogP contribution in [0.2, 0.25) is 0 Å². The number of carbonyl (C=O) groups excluding carboxylic acids is 3. The van der Waals surface area contributed by atoms with E-state index in [2.05, 4.69) is 30.4 Å². The third-order valence-electron chi connectivity index (χ3n) is 10.3. The van der Waals surface area contributed by atoms with Crippen molar-refractivity contribution in [1.82, 2.24) is 29.7 Å². The van der Waals surface area contributed by atoms with Crippen LogP contribution in [-0.2, 0) is 27.6 Å². The first kappa shape index (κ1) is 33.9. The third-order valence-corrected chi connectivity index (χ3v) is 12.3. The second-order valence-electron chi connectivity index (χ2n) is 14.0. The van der Waals surface area contributed by atoms with E-state index < -0.39 is 33.4 Å². The number of benzene rings is 2. The summed E-state index contributed by atoms with van der Waals surface area (Å²) in [5, 5.41) is 19.4. The number of amides is 3. The first-order valence-electron chi connectivity index (χ1n) is 16.8. The number of likely N-dealkylation sites (tertiary alicyclic amines) is 1. The summed E-state index contributed by atoms with van der Waals surface area (Å²) in [5.74, 6) is -1.71. The molecule has 254 valence electrons. The molecular weight excluding hydrogens is 625 g/mol. The van der Waals surface area contributed by atoms with Gasteiger partial charge in [0.05, 0.1) is 34.7 Å². The molecule has 1 spiro atoms. The molecule has 0 radical (unpaired) electrons. The zero-order valence-corrected chi connectivity index (χ0v) is 28.9. The lowest BCUT2D eigenvalue weighted by Gasteiger charge is -2.40. The summed E-state index contributed by atoms with van der Waals surface area (Å²) in [6.07, 6.45) is 5.25. The Kier molecular flexibility index (Phi) is 9.55. The fraction of sp³-hybridized carbons (Fsp3) is 0.486. The highest BCUT2D eigenvalue weighted by molar-refractivity contribution is 8.02. The summed E-state index contributed by atoms with van der Waals surface area (Å²) in [6, 6.07) is 16.0. The maximum absolute atomic E-state index is 15.1. The molecule has 3 aliphatic rings. The van der Waals surface area contributed by atoms with Crippen LogP contribution in [0.15, 0.2) is 79.9 Å². The second kappa shape index (κ2) is 13.5. The molecule has 4 heterocycles. The summed E-state index contributed by atoms with van der Waals surface area (Å²) in [6.45, 7) is 14.8. The minimum atomic E-state index is -0.868. The molecule has 6 rings (SSSR count). The molecule has 3 aliphatic heterocycles. The Hall–Kier alpha value is -3.96. The van der Waals surface area contributed by atoms with Gasteiger partial charge in [-0.1, -0.05) is 73.7 Å². The third kappa shape index (κ3) is 5.74. The van der Waals surface area contributed by atoms with Crippen LogP contribution in [0.4, 0.5) is 0 Å². The first-order valence-corrected chi connectivity index (χ1v) is 17.6. The molecular formula is C37H46N6O4S. The molecule has 3 aromatic rings. The van der Waals surface area contributed by atoms with E-state index in [1.807, 2.05) is 68.4 Å². The van der Waals surface area contributed by atoms with Crippen molar-refractivity contribution in [3.05, 3.63) is 85.5 Å². The molecule has 2 aromatic carbocycles. The maximum atomic E-state index is 15.1. The SMILES string of the molecule is C=CCN(Cn1nnc2ccccc21)C(=O)C1N([C@@H](CO)CC(C)C)C(=O)[C@@H]2[C@H](C(=O)N(CC=C)Cc3ccccc3)[C@]3(C)CCC12S3. The molecule has 10 nitrogen and oxygen atoms in total. The van der Waals surface area contributed by atoms with Gasteiger partial charge < -0.3 is 19.8 Å². The molecule has 2 unspecified atom stereocenters. The molecule has 0 aliphatic carbocycles. The van der Waals surface area contributed by atoms with Crippen LogP contribution in [0.3, 0.4) is 0 Å².